The Labute approximate surface area is 95.9 Å². The van der Waals surface area contributed by atoms with Crippen LogP contribution in [0.2, 0.25) is 0 Å². The normalized spacial score (nSPS) is 9.81. The summed E-state index contributed by atoms with van der Waals surface area (Å²) in [5.41, 5.74) is 2.33. The first kappa shape index (κ1) is 10.6. The third-order valence-electron chi connectivity index (χ3n) is 2.31. The van der Waals surface area contributed by atoms with Crippen LogP contribution in [0.1, 0.15) is 5.56 Å². The minimum absolute atomic E-state index is 0.479. The Hall–Kier alpha value is -1.96. The van der Waals surface area contributed by atoms with Crippen molar-refractivity contribution in [3.8, 4) is 5.75 Å². The molecule has 0 fully saturated rings. The first-order valence-corrected chi connectivity index (χ1v) is 5.33. The van der Waals surface area contributed by atoms with E-state index in [1.54, 1.807) is 0 Å². The van der Waals surface area contributed by atoms with Gasteiger partial charge in [-0.15, -0.1) is 0 Å². The van der Waals surface area contributed by atoms with Crippen LogP contribution >= 0.6 is 0 Å². The minimum atomic E-state index is 0.479. The van der Waals surface area contributed by atoms with Gasteiger partial charge in [0.25, 0.3) is 0 Å². The number of hydrogen-bond acceptors (Lipinski definition) is 2. The number of nitrogens with one attached hydrogen (secondary N) is 1. The first-order valence-electron chi connectivity index (χ1n) is 5.33. The van der Waals surface area contributed by atoms with Gasteiger partial charge in [0.05, 0.1) is 0 Å². The largest absolute Gasteiger partial charge is 0.473 e. The summed E-state index contributed by atoms with van der Waals surface area (Å²) in [5, 5.41) is 3.20. The van der Waals surface area contributed by atoms with Gasteiger partial charge in [0.2, 0.25) is 0 Å². The standard InChI is InChI=1S/C14H15NO/c1-12-7-9-13(10-8-12)15-11-16-14-5-3-2-4-6-14/h2-10,15H,11H2,1H3. The molecule has 2 aromatic carbocycles. The molecule has 0 aliphatic rings. The monoisotopic (exact) mass is 213 g/mol. The zero-order chi connectivity index (χ0) is 11.2. The SMILES string of the molecule is Cc1ccc(NCOc2ccccc2)cc1. The van der Waals surface area contributed by atoms with E-state index in [4.69, 9.17) is 4.74 Å². The van der Waals surface area contributed by atoms with Gasteiger partial charge in [-0.05, 0) is 31.2 Å². The fraction of sp³-hybridized carbons (Fsp3) is 0.143. The lowest BCUT2D eigenvalue weighted by atomic mass is 10.2. The van der Waals surface area contributed by atoms with Gasteiger partial charge in [0.15, 0.2) is 6.73 Å². The van der Waals surface area contributed by atoms with Crippen LogP contribution in [0.25, 0.3) is 0 Å². The maximum atomic E-state index is 5.53. The number of para-hydroxylation sites is 1. The summed E-state index contributed by atoms with van der Waals surface area (Å²) in [6, 6.07) is 18.0. The lowest BCUT2D eigenvalue weighted by Gasteiger charge is -2.08. The quantitative estimate of drug-likeness (QED) is 0.785. The molecule has 0 heterocycles. The van der Waals surface area contributed by atoms with Crippen LogP contribution in [0.5, 0.6) is 5.75 Å². The van der Waals surface area contributed by atoms with Gasteiger partial charge >= 0.3 is 0 Å². The van der Waals surface area contributed by atoms with Crippen molar-refractivity contribution >= 4 is 5.69 Å². The van der Waals surface area contributed by atoms with Gasteiger partial charge in [0, 0.05) is 5.69 Å². The van der Waals surface area contributed by atoms with Gasteiger partial charge in [-0.3, -0.25) is 0 Å². The molecule has 0 unspecified atom stereocenters. The molecule has 0 saturated carbocycles. The maximum Gasteiger partial charge on any atom is 0.159 e. The number of ether oxygens (including phenoxy) is 1. The van der Waals surface area contributed by atoms with Crippen LogP contribution < -0.4 is 10.1 Å². The van der Waals surface area contributed by atoms with Crippen molar-refractivity contribution < 1.29 is 4.74 Å². The van der Waals surface area contributed by atoms with Crippen LogP contribution in [-0.2, 0) is 0 Å². The van der Waals surface area contributed by atoms with E-state index >= 15 is 0 Å². The second-order valence-corrected chi connectivity index (χ2v) is 3.64. The van der Waals surface area contributed by atoms with E-state index in [-0.39, 0.29) is 0 Å². The van der Waals surface area contributed by atoms with Crippen LogP contribution in [-0.4, -0.2) is 6.73 Å². The molecule has 0 radical (unpaired) electrons. The van der Waals surface area contributed by atoms with E-state index in [0.29, 0.717) is 6.73 Å². The second kappa shape index (κ2) is 5.21. The Morgan fingerprint density at radius 1 is 0.938 bits per heavy atom. The van der Waals surface area contributed by atoms with Crippen molar-refractivity contribution in [1.29, 1.82) is 0 Å². The van der Waals surface area contributed by atoms with Gasteiger partial charge in [-0.2, -0.15) is 0 Å². The summed E-state index contributed by atoms with van der Waals surface area (Å²) in [6.45, 7) is 2.55. The Bertz CT molecular complexity index is 422. The van der Waals surface area contributed by atoms with Crippen molar-refractivity contribution in [3.05, 3.63) is 60.2 Å². The van der Waals surface area contributed by atoms with E-state index in [9.17, 15) is 0 Å². The van der Waals surface area contributed by atoms with Crippen LogP contribution in [0.4, 0.5) is 5.69 Å². The maximum absolute atomic E-state index is 5.53. The molecule has 2 heteroatoms. The van der Waals surface area contributed by atoms with E-state index in [2.05, 4.69) is 24.4 Å². The van der Waals surface area contributed by atoms with E-state index in [1.165, 1.54) is 5.56 Å². The van der Waals surface area contributed by atoms with Crippen molar-refractivity contribution in [3.63, 3.8) is 0 Å². The van der Waals surface area contributed by atoms with Crippen molar-refractivity contribution in [1.82, 2.24) is 0 Å². The predicted molar refractivity (Wildman–Crippen MR) is 66.7 cm³/mol. The Balaban J connectivity index is 1.82. The zero-order valence-corrected chi connectivity index (χ0v) is 9.31. The molecule has 1 N–H and O–H groups in total. The topological polar surface area (TPSA) is 21.3 Å². The molecule has 0 saturated heterocycles. The Morgan fingerprint density at radius 3 is 2.31 bits per heavy atom. The summed E-state index contributed by atoms with van der Waals surface area (Å²) in [4.78, 5) is 0. The minimum Gasteiger partial charge on any atom is -0.473 e. The van der Waals surface area contributed by atoms with Crippen molar-refractivity contribution in [2.75, 3.05) is 12.0 Å². The van der Waals surface area contributed by atoms with Crippen molar-refractivity contribution in [2.24, 2.45) is 0 Å². The van der Waals surface area contributed by atoms with Crippen LogP contribution in [0.3, 0.4) is 0 Å². The van der Waals surface area contributed by atoms with Gasteiger partial charge in [0.1, 0.15) is 5.75 Å². The van der Waals surface area contributed by atoms with Crippen LogP contribution in [0.15, 0.2) is 54.6 Å². The van der Waals surface area contributed by atoms with Crippen molar-refractivity contribution in [2.45, 2.75) is 6.92 Å². The van der Waals surface area contributed by atoms with Gasteiger partial charge in [-0.25, -0.2) is 0 Å². The summed E-state index contributed by atoms with van der Waals surface area (Å²) < 4.78 is 5.53. The third kappa shape index (κ3) is 3.02. The fourth-order valence-corrected chi connectivity index (χ4v) is 1.39. The average molecular weight is 213 g/mol. The number of aryl methyl sites for hydroxylation is 1. The lowest BCUT2D eigenvalue weighted by molar-refractivity contribution is 0.347. The second-order valence-electron chi connectivity index (χ2n) is 3.64. The highest BCUT2D eigenvalue weighted by Crippen LogP contribution is 2.10. The van der Waals surface area contributed by atoms with Gasteiger partial charge in [-0.1, -0.05) is 35.9 Å². The molecule has 0 amide bonds. The molecule has 2 aromatic rings. The third-order valence-corrected chi connectivity index (χ3v) is 2.31. The molecule has 16 heavy (non-hydrogen) atoms. The molecule has 82 valence electrons. The highest BCUT2D eigenvalue weighted by molar-refractivity contribution is 5.44. The Kier molecular flexibility index (Phi) is 3.44. The molecule has 0 bridgehead atoms. The highest BCUT2D eigenvalue weighted by Gasteiger charge is 1.92. The lowest BCUT2D eigenvalue weighted by Crippen LogP contribution is -2.08. The van der Waals surface area contributed by atoms with Gasteiger partial charge < -0.3 is 10.1 Å². The fourth-order valence-electron chi connectivity index (χ4n) is 1.39. The van der Waals surface area contributed by atoms with E-state index in [0.717, 1.165) is 11.4 Å². The Morgan fingerprint density at radius 2 is 1.62 bits per heavy atom. The molecule has 0 atom stereocenters. The molecule has 2 nitrogen and oxygen atoms in total. The van der Waals surface area contributed by atoms with E-state index in [1.807, 2.05) is 42.5 Å². The molecular weight excluding hydrogens is 198 g/mol. The van der Waals surface area contributed by atoms with Crippen LogP contribution in [0, 0.1) is 6.92 Å². The number of hydrogen-bond donors (Lipinski definition) is 1. The molecule has 0 aliphatic heterocycles. The smallest absolute Gasteiger partial charge is 0.159 e. The number of benzene rings is 2. The number of anilines is 1. The first-order chi connectivity index (χ1) is 7.84. The molecule has 0 aromatic heterocycles. The molecular formula is C14H15NO. The molecule has 2 rings (SSSR count). The zero-order valence-electron chi connectivity index (χ0n) is 9.31. The average Bonchev–Trinajstić information content (AvgIpc) is 2.33. The summed E-state index contributed by atoms with van der Waals surface area (Å²) in [7, 11) is 0. The highest BCUT2D eigenvalue weighted by atomic mass is 16.5. The summed E-state index contributed by atoms with van der Waals surface area (Å²) in [6.07, 6.45) is 0. The molecule has 0 spiro atoms. The number of rotatable bonds is 4. The molecule has 0 aliphatic carbocycles. The van der Waals surface area contributed by atoms with E-state index < -0.39 is 0 Å². The summed E-state index contributed by atoms with van der Waals surface area (Å²) in [5.74, 6) is 0.877. The predicted octanol–water partition coefficient (Wildman–Crippen LogP) is 3.44. The summed E-state index contributed by atoms with van der Waals surface area (Å²) >= 11 is 0.